The van der Waals surface area contributed by atoms with E-state index in [1.807, 2.05) is 0 Å². The van der Waals surface area contributed by atoms with Gasteiger partial charge < -0.3 is 19.5 Å². The lowest BCUT2D eigenvalue weighted by molar-refractivity contribution is 0.0153. The van der Waals surface area contributed by atoms with Crippen molar-refractivity contribution in [3.8, 4) is 11.5 Å². The van der Waals surface area contributed by atoms with Gasteiger partial charge in [-0.05, 0) is 31.0 Å². The van der Waals surface area contributed by atoms with Crippen molar-refractivity contribution in [1.82, 2.24) is 4.90 Å². The average Bonchev–Trinajstić information content (AvgIpc) is 2.53. The van der Waals surface area contributed by atoms with Crippen LogP contribution in [0.5, 0.6) is 11.5 Å². The molecule has 1 aromatic carbocycles. The van der Waals surface area contributed by atoms with Gasteiger partial charge in [0.25, 0.3) is 5.91 Å². The van der Waals surface area contributed by atoms with Crippen LogP contribution >= 0.6 is 11.6 Å². The van der Waals surface area contributed by atoms with Crippen LogP contribution in [-0.2, 0) is 4.74 Å². The van der Waals surface area contributed by atoms with E-state index in [1.54, 1.807) is 17.0 Å². The molecule has 0 spiro atoms. The Labute approximate surface area is 129 Å². The van der Waals surface area contributed by atoms with Crippen LogP contribution in [0.2, 0.25) is 0 Å². The zero-order valence-corrected chi connectivity index (χ0v) is 12.8. The summed E-state index contributed by atoms with van der Waals surface area (Å²) in [5, 5.41) is 9.86. The first kappa shape index (κ1) is 15.9. The lowest BCUT2D eigenvalue weighted by Gasteiger charge is -2.32. The second kappa shape index (κ2) is 7.52. The van der Waals surface area contributed by atoms with Crippen molar-refractivity contribution in [2.45, 2.75) is 18.9 Å². The highest BCUT2D eigenvalue weighted by Gasteiger charge is 2.25. The molecular weight excluding hydrogens is 294 g/mol. The molecule has 0 bridgehead atoms. The number of rotatable bonds is 5. The third kappa shape index (κ3) is 4.02. The highest BCUT2D eigenvalue weighted by atomic mass is 35.5. The molecule has 0 aliphatic carbocycles. The van der Waals surface area contributed by atoms with Crippen LogP contribution in [0.1, 0.15) is 23.2 Å². The maximum Gasteiger partial charge on any atom is 0.257 e. The predicted octanol–water partition coefficient (Wildman–Crippen LogP) is 2.26. The Hall–Kier alpha value is -1.46. The van der Waals surface area contributed by atoms with Crippen molar-refractivity contribution in [3.63, 3.8) is 0 Å². The number of hydrogen-bond donors (Lipinski definition) is 1. The number of nitrogens with zero attached hydrogens (tertiary/aromatic N) is 1. The standard InChI is InChI=1S/C15H20ClNO4/c1-20-12-2-3-14(18)13(10-12)15(19)17-7-4-11(5-8-17)21-9-6-16/h2-3,10-11,18H,4-9H2,1H3. The number of phenolic OH excluding ortho intramolecular Hbond substituents is 1. The lowest BCUT2D eigenvalue weighted by atomic mass is 10.1. The summed E-state index contributed by atoms with van der Waals surface area (Å²) in [4.78, 5) is 14.2. The number of likely N-dealkylation sites (tertiary alicyclic amines) is 1. The third-order valence-electron chi connectivity index (χ3n) is 3.59. The molecule has 21 heavy (non-hydrogen) atoms. The molecule has 0 radical (unpaired) electrons. The zero-order chi connectivity index (χ0) is 15.2. The SMILES string of the molecule is COc1ccc(O)c(C(=O)N2CCC(OCCCl)CC2)c1. The molecule has 1 N–H and O–H groups in total. The molecule has 1 fully saturated rings. The number of aromatic hydroxyl groups is 1. The van der Waals surface area contributed by atoms with Gasteiger partial charge in [0, 0.05) is 19.0 Å². The number of benzene rings is 1. The second-order valence-electron chi connectivity index (χ2n) is 4.93. The predicted molar refractivity (Wildman–Crippen MR) is 80.3 cm³/mol. The molecule has 1 aliphatic rings. The molecule has 6 heteroatoms. The number of ether oxygens (including phenoxy) is 2. The number of carbonyl (C=O) groups is 1. The first-order chi connectivity index (χ1) is 10.2. The summed E-state index contributed by atoms with van der Waals surface area (Å²) < 4.78 is 10.7. The van der Waals surface area contributed by atoms with E-state index in [2.05, 4.69) is 0 Å². The quantitative estimate of drug-likeness (QED) is 0.847. The van der Waals surface area contributed by atoms with Gasteiger partial charge in [0.05, 0.1) is 25.4 Å². The molecule has 1 heterocycles. The topological polar surface area (TPSA) is 59.0 Å². The Bertz CT molecular complexity index is 487. The van der Waals surface area contributed by atoms with Gasteiger partial charge in [-0.1, -0.05) is 0 Å². The maximum absolute atomic E-state index is 12.5. The van der Waals surface area contributed by atoms with Crippen LogP contribution in [0.15, 0.2) is 18.2 Å². The van der Waals surface area contributed by atoms with Crippen molar-refractivity contribution in [3.05, 3.63) is 23.8 Å². The number of methoxy groups -OCH3 is 1. The maximum atomic E-state index is 12.5. The molecule has 0 unspecified atom stereocenters. The number of carbonyl (C=O) groups excluding carboxylic acids is 1. The Kier molecular flexibility index (Phi) is 5.70. The molecule has 1 amide bonds. The van der Waals surface area contributed by atoms with Crippen LogP contribution in [0.4, 0.5) is 0 Å². The first-order valence-electron chi connectivity index (χ1n) is 6.99. The molecule has 0 saturated carbocycles. The van der Waals surface area contributed by atoms with E-state index < -0.39 is 0 Å². The van der Waals surface area contributed by atoms with Crippen molar-refractivity contribution in [2.24, 2.45) is 0 Å². The first-order valence-corrected chi connectivity index (χ1v) is 7.53. The summed E-state index contributed by atoms with van der Waals surface area (Å²) in [6, 6.07) is 4.66. The van der Waals surface area contributed by atoms with E-state index in [9.17, 15) is 9.90 Å². The van der Waals surface area contributed by atoms with Crippen LogP contribution in [-0.4, -0.2) is 54.7 Å². The lowest BCUT2D eigenvalue weighted by Crippen LogP contribution is -2.41. The largest absolute Gasteiger partial charge is 0.507 e. The van der Waals surface area contributed by atoms with E-state index >= 15 is 0 Å². The van der Waals surface area contributed by atoms with Gasteiger partial charge in [-0.2, -0.15) is 0 Å². The summed E-state index contributed by atoms with van der Waals surface area (Å²) in [5.41, 5.74) is 0.273. The minimum absolute atomic E-state index is 0.0266. The molecule has 2 rings (SSSR count). The summed E-state index contributed by atoms with van der Waals surface area (Å²) in [5.74, 6) is 0.830. The number of phenols is 1. The van der Waals surface area contributed by atoms with E-state index in [0.717, 1.165) is 12.8 Å². The fraction of sp³-hybridized carbons (Fsp3) is 0.533. The van der Waals surface area contributed by atoms with Crippen LogP contribution in [0.3, 0.4) is 0 Å². The monoisotopic (exact) mass is 313 g/mol. The van der Waals surface area contributed by atoms with Gasteiger partial charge in [0.2, 0.25) is 0 Å². The summed E-state index contributed by atoms with van der Waals surface area (Å²) in [6.45, 7) is 1.77. The number of alkyl halides is 1. The zero-order valence-electron chi connectivity index (χ0n) is 12.0. The molecule has 0 atom stereocenters. The molecular formula is C15H20ClNO4. The van der Waals surface area contributed by atoms with Gasteiger partial charge in [0.15, 0.2) is 0 Å². The summed E-state index contributed by atoms with van der Waals surface area (Å²) in [6.07, 6.45) is 1.73. The summed E-state index contributed by atoms with van der Waals surface area (Å²) >= 11 is 5.60. The Morgan fingerprint density at radius 2 is 2.14 bits per heavy atom. The average molecular weight is 314 g/mol. The smallest absolute Gasteiger partial charge is 0.257 e. The van der Waals surface area contributed by atoms with Gasteiger partial charge in [0.1, 0.15) is 11.5 Å². The molecule has 1 aromatic rings. The van der Waals surface area contributed by atoms with Crippen molar-refractivity contribution in [2.75, 3.05) is 32.7 Å². The highest BCUT2D eigenvalue weighted by Crippen LogP contribution is 2.25. The minimum Gasteiger partial charge on any atom is -0.507 e. The van der Waals surface area contributed by atoms with E-state index in [1.165, 1.54) is 13.2 Å². The highest BCUT2D eigenvalue weighted by molar-refractivity contribution is 6.17. The van der Waals surface area contributed by atoms with Crippen LogP contribution < -0.4 is 4.74 Å². The second-order valence-corrected chi connectivity index (χ2v) is 5.31. The van der Waals surface area contributed by atoms with Crippen molar-refractivity contribution < 1.29 is 19.4 Å². The fourth-order valence-corrected chi connectivity index (χ4v) is 2.51. The van der Waals surface area contributed by atoms with Gasteiger partial charge in [-0.25, -0.2) is 0 Å². The van der Waals surface area contributed by atoms with E-state index in [4.69, 9.17) is 21.1 Å². The van der Waals surface area contributed by atoms with Crippen LogP contribution in [0.25, 0.3) is 0 Å². The Morgan fingerprint density at radius 1 is 1.43 bits per heavy atom. The fourth-order valence-electron chi connectivity index (χ4n) is 2.42. The third-order valence-corrected chi connectivity index (χ3v) is 3.75. The van der Waals surface area contributed by atoms with E-state index in [0.29, 0.717) is 31.3 Å². The van der Waals surface area contributed by atoms with Crippen molar-refractivity contribution >= 4 is 17.5 Å². The molecule has 1 saturated heterocycles. The number of hydrogen-bond acceptors (Lipinski definition) is 4. The minimum atomic E-state index is -0.179. The number of halogens is 1. The van der Waals surface area contributed by atoms with E-state index in [-0.39, 0.29) is 23.3 Å². The molecule has 5 nitrogen and oxygen atoms in total. The normalized spacial score (nSPS) is 16.0. The Morgan fingerprint density at radius 3 is 2.76 bits per heavy atom. The van der Waals surface area contributed by atoms with Crippen LogP contribution in [0, 0.1) is 0 Å². The Balaban J connectivity index is 1.98. The molecule has 1 aliphatic heterocycles. The summed E-state index contributed by atoms with van der Waals surface area (Å²) in [7, 11) is 1.53. The van der Waals surface area contributed by atoms with Gasteiger partial charge in [-0.3, -0.25) is 4.79 Å². The molecule has 0 aromatic heterocycles. The van der Waals surface area contributed by atoms with Gasteiger partial charge in [-0.15, -0.1) is 11.6 Å². The van der Waals surface area contributed by atoms with Crippen molar-refractivity contribution in [1.29, 1.82) is 0 Å². The number of amides is 1. The number of piperidine rings is 1. The van der Waals surface area contributed by atoms with Gasteiger partial charge >= 0.3 is 0 Å². The molecule has 116 valence electrons.